The Morgan fingerprint density at radius 2 is 2.06 bits per heavy atom. The molecule has 1 fully saturated rings. The molecule has 1 rings (SSSR count). The van der Waals surface area contributed by atoms with Gasteiger partial charge in [0.25, 0.3) is 0 Å². The van der Waals surface area contributed by atoms with Gasteiger partial charge in [0.15, 0.2) is 0 Å². The van der Waals surface area contributed by atoms with Crippen LogP contribution in [0, 0.1) is 5.92 Å². The van der Waals surface area contributed by atoms with Crippen LogP contribution in [0.5, 0.6) is 0 Å². The van der Waals surface area contributed by atoms with E-state index in [4.69, 9.17) is 5.11 Å². The Bertz CT molecular complexity index is 304. The van der Waals surface area contributed by atoms with Gasteiger partial charge in [-0.1, -0.05) is 6.92 Å². The number of nitrogens with zero attached hydrogens (tertiary/aromatic N) is 2. The lowest BCUT2D eigenvalue weighted by molar-refractivity contribution is -0.144. The van der Waals surface area contributed by atoms with E-state index in [1.165, 1.54) is 0 Å². The number of carbonyl (C=O) groups excluding carboxylic acids is 1. The maximum Gasteiger partial charge on any atom is 0.305 e. The highest BCUT2D eigenvalue weighted by molar-refractivity contribution is 5.86. The third-order valence-electron chi connectivity index (χ3n) is 3.20. The van der Waals surface area contributed by atoms with Gasteiger partial charge in [-0.2, -0.15) is 0 Å². The normalized spacial score (nSPS) is 27.4. The third-order valence-corrected chi connectivity index (χ3v) is 3.20. The Morgan fingerprint density at radius 3 is 2.53 bits per heavy atom. The average molecular weight is 242 g/mol. The second-order valence-corrected chi connectivity index (χ2v) is 5.23. The summed E-state index contributed by atoms with van der Waals surface area (Å²) in [7, 11) is 1.75. The molecule has 17 heavy (non-hydrogen) atoms. The van der Waals surface area contributed by atoms with Crippen molar-refractivity contribution in [2.24, 2.45) is 5.92 Å². The fourth-order valence-electron chi connectivity index (χ4n) is 2.44. The zero-order chi connectivity index (χ0) is 13.2. The highest BCUT2D eigenvalue weighted by atomic mass is 16.4. The van der Waals surface area contributed by atoms with Gasteiger partial charge in [0, 0.05) is 26.2 Å². The van der Waals surface area contributed by atoms with Gasteiger partial charge in [-0.15, -0.1) is 0 Å². The molecule has 5 heteroatoms. The van der Waals surface area contributed by atoms with Crippen LogP contribution in [0.3, 0.4) is 0 Å². The molecule has 0 aromatic carbocycles. The molecule has 5 nitrogen and oxygen atoms in total. The number of hydrogen-bond acceptors (Lipinski definition) is 3. The third kappa shape index (κ3) is 3.43. The summed E-state index contributed by atoms with van der Waals surface area (Å²) in [6, 6.07) is -0.348. The standard InChI is InChI=1S/C12H22N2O3/c1-8(2)14-7-9(3)6-13(4)12(17)10(14)5-11(15)16/h8-10H,5-7H2,1-4H3,(H,15,16). The molecule has 2 atom stereocenters. The Hall–Kier alpha value is -1.10. The van der Waals surface area contributed by atoms with E-state index in [2.05, 4.69) is 6.92 Å². The zero-order valence-electron chi connectivity index (χ0n) is 11.0. The van der Waals surface area contributed by atoms with Crippen LogP contribution in [0.15, 0.2) is 0 Å². The predicted molar refractivity (Wildman–Crippen MR) is 64.7 cm³/mol. The van der Waals surface area contributed by atoms with Crippen molar-refractivity contribution < 1.29 is 14.7 Å². The minimum atomic E-state index is -0.919. The van der Waals surface area contributed by atoms with Crippen molar-refractivity contribution in [2.45, 2.75) is 39.3 Å². The van der Waals surface area contributed by atoms with Crippen molar-refractivity contribution in [3.05, 3.63) is 0 Å². The minimum Gasteiger partial charge on any atom is -0.481 e. The van der Waals surface area contributed by atoms with Gasteiger partial charge in [0.1, 0.15) is 6.04 Å². The van der Waals surface area contributed by atoms with E-state index in [0.717, 1.165) is 6.54 Å². The molecule has 1 aliphatic rings. The number of rotatable bonds is 3. The molecule has 0 spiro atoms. The lowest BCUT2D eigenvalue weighted by Gasteiger charge is -2.32. The zero-order valence-corrected chi connectivity index (χ0v) is 11.0. The number of hydrogen-bond donors (Lipinski definition) is 1. The van der Waals surface area contributed by atoms with Crippen LogP contribution in [-0.2, 0) is 9.59 Å². The molecule has 1 heterocycles. The summed E-state index contributed by atoms with van der Waals surface area (Å²) in [6.45, 7) is 7.55. The Morgan fingerprint density at radius 1 is 1.47 bits per heavy atom. The van der Waals surface area contributed by atoms with Crippen molar-refractivity contribution >= 4 is 11.9 Å². The maximum absolute atomic E-state index is 12.2. The Kier molecular flexibility index (Phi) is 4.51. The van der Waals surface area contributed by atoms with Crippen molar-refractivity contribution in [3.63, 3.8) is 0 Å². The second-order valence-electron chi connectivity index (χ2n) is 5.23. The molecule has 0 radical (unpaired) electrons. The number of amides is 1. The first kappa shape index (κ1) is 14.0. The second kappa shape index (κ2) is 5.49. The number of aliphatic carboxylic acids is 1. The molecule has 1 amide bonds. The summed E-state index contributed by atoms with van der Waals surface area (Å²) < 4.78 is 0. The van der Waals surface area contributed by atoms with E-state index in [-0.39, 0.29) is 18.4 Å². The molecule has 0 aromatic heterocycles. The highest BCUT2D eigenvalue weighted by Crippen LogP contribution is 2.19. The first-order valence-electron chi connectivity index (χ1n) is 6.05. The molecule has 0 saturated carbocycles. The lowest BCUT2D eigenvalue weighted by Crippen LogP contribution is -2.48. The Balaban J connectivity index is 2.96. The predicted octanol–water partition coefficient (Wildman–Crippen LogP) is 0.648. The monoisotopic (exact) mass is 242 g/mol. The average Bonchev–Trinajstić information content (AvgIpc) is 2.29. The van der Waals surface area contributed by atoms with E-state index < -0.39 is 12.0 Å². The first-order valence-corrected chi connectivity index (χ1v) is 6.05. The van der Waals surface area contributed by atoms with Crippen LogP contribution < -0.4 is 0 Å². The van der Waals surface area contributed by atoms with Crippen LogP contribution >= 0.6 is 0 Å². The lowest BCUT2D eigenvalue weighted by atomic mass is 10.1. The van der Waals surface area contributed by atoms with Gasteiger partial charge >= 0.3 is 5.97 Å². The molecule has 0 bridgehead atoms. The molecular weight excluding hydrogens is 220 g/mol. The van der Waals surface area contributed by atoms with Gasteiger partial charge in [0.05, 0.1) is 6.42 Å². The first-order chi connectivity index (χ1) is 7.82. The SMILES string of the molecule is CC1CN(C)C(=O)C(CC(=O)O)N(C(C)C)C1. The van der Waals surface area contributed by atoms with Crippen LogP contribution in [0.2, 0.25) is 0 Å². The number of carbonyl (C=O) groups is 2. The van der Waals surface area contributed by atoms with Crippen LogP contribution in [0.25, 0.3) is 0 Å². The van der Waals surface area contributed by atoms with Gasteiger partial charge < -0.3 is 10.0 Å². The van der Waals surface area contributed by atoms with Gasteiger partial charge in [-0.05, 0) is 19.8 Å². The summed E-state index contributed by atoms with van der Waals surface area (Å²) in [5.41, 5.74) is 0. The van der Waals surface area contributed by atoms with E-state index in [0.29, 0.717) is 12.5 Å². The van der Waals surface area contributed by atoms with Crippen LogP contribution in [0.4, 0.5) is 0 Å². The fraction of sp³-hybridized carbons (Fsp3) is 0.833. The summed E-state index contributed by atoms with van der Waals surface area (Å²) >= 11 is 0. The van der Waals surface area contributed by atoms with E-state index >= 15 is 0 Å². The number of likely N-dealkylation sites (N-methyl/N-ethyl adjacent to an activating group) is 1. The maximum atomic E-state index is 12.2. The van der Waals surface area contributed by atoms with Crippen LogP contribution in [-0.4, -0.2) is 59.0 Å². The summed E-state index contributed by atoms with van der Waals surface area (Å²) in [4.78, 5) is 26.7. The summed E-state index contributed by atoms with van der Waals surface area (Å²) in [5, 5.41) is 8.93. The molecule has 98 valence electrons. The van der Waals surface area contributed by atoms with Gasteiger partial charge in [0.2, 0.25) is 5.91 Å². The van der Waals surface area contributed by atoms with E-state index in [9.17, 15) is 9.59 Å². The molecular formula is C12H22N2O3. The molecule has 0 aliphatic carbocycles. The van der Waals surface area contributed by atoms with Crippen molar-refractivity contribution in [1.29, 1.82) is 0 Å². The quantitative estimate of drug-likeness (QED) is 0.789. The summed E-state index contributed by atoms with van der Waals surface area (Å²) in [5.74, 6) is -0.632. The minimum absolute atomic E-state index is 0.0783. The van der Waals surface area contributed by atoms with Crippen molar-refractivity contribution in [3.8, 4) is 0 Å². The molecule has 1 saturated heterocycles. The van der Waals surface area contributed by atoms with Gasteiger partial charge in [-0.3, -0.25) is 14.5 Å². The molecule has 1 aliphatic heterocycles. The largest absolute Gasteiger partial charge is 0.481 e. The van der Waals surface area contributed by atoms with Crippen LogP contribution in [0.1, 0.15) is 27.2 Å². The Labute approximate surface area is 102 Å². The topological polar surface area (TPSA) is 60.9 Å². The summed E-state index contributed by atoms with van der Waals surface area (Å²) in [6.07, 6.45) is -0.117. The van der Waals surface area contributed by atoms with Crippen molar-refractivity contribution in [1.82, 2.24) is 9.80 Å². The highest BCUT2D eigenvalue weighted by Gasteiger charge is 2.36. The molecule has 0 aromatic rings. The molecule has 2 unspecified atom stereocenters. The van der Waals surface area contributed by atoms with Gasteiger partial charge in [-0.25, -0.2) is 0 Å². The van der Waals surface area contributed by atoms with E-state index in [1.54, 1.807) is 11.9 Å². The smallest absolute Gasteiger partial charge is 0.305 e. The number of carboxylic acid groups (broad SMARTS) is 1. The van der Waals surface area contributed by atoms with Crippen molar-refractivity contribution in [2.75, 3.05) is 20.1 Å². The number of carboxylic acids is 1. The fourth-order valence-corrected chi connectivity index (χ4v) is 2.44. The molecule has 1 N–H and O–H groups in total. The van der Waals surface area contributed by atoms with E-state index in [1.807, 2.05) is 18.7 Å².